The van der Waals surface area contributed by atoms with E-state index in [2.05, 4.69) is 5.32 Å². The zero-order chi connectivity index (χ0) is 11.6. The molecule has 0 aliphatic heterocycles. The van der Waals surface area contributed by atoms with E-state index in [0.29, 0.717) is 0 Å². The van der Waals surface area contributed by atoms with Gasteiger partial charge >= 0.3 is 0 Å². The minimum atomic E-state index is -0.896. The molecule has 1 amide bonds. The molecule has 0 bridgehead atoms. The minimum absolute atomic E-state index is 0.218. The third kappa shape index (κ3) is 5.19. The third-order valence-electron chi connectivity index (χ3n) is 1.91. The van der Waals surface area contributed by atoms with Gasteiger partial charge in [-0.1, -0.05) is 20.8 Å². The van der Waals surface area contributed by atoms with Gasteiger partial charge in [0.25, 0.3) is 0 Å². The van der Waals surface area contributed by atoms with Crippen LogP contribution in [0.1, 0.15) is 34.6 Å². The predicted molar refractivity (Wildman–Crippen MR) is 56.7 cm³/mol. The first-order chi connectivity index (χ1) is 6.04. The Kier molecular flexibility index (Phi) is 4.09. The molecule has 4 nitrogen and oxygen atoms in total. The van der Waals surface area contributed by atoms with Crippen molar-refractivity contribution in [1.29, 1.82) is 0 Å². The van der Waals surface area contributed by atoms with Crippen LogP contribution in [0.25, 0.3) is 0 Å². The fraction of sp³-hybridized carbons (Fsp3) is 0.900. The van der Waals surface area contributed by atoms with Gasteiger partial charge in [0.05, 0.1) is 11.6 Å². The first-order valence-corrected chi connectivity index (χ1v) is 4.80. The second kappa shape index (κ2) is 4.28. The van der Waals surface area contributed by atoms with Gasteiger partial charge in [0, 0.05) is 6.54 Å². The van der Waals surface area contributed by atoms with Crippen LogP contribution < -0.4 is 11.1 Å². The maximum absolute atomic E-state index is 11.5. The lowest BCUT2D eigenvalue weighted by molar-refractivity contribution is -0.125. The normalized spacial score (nSPS) is 15.1. The predicted octanol–water partition coefficient (Wildman–Crippen LogP) is 0.247. The molecule has 0 aliphatic rings. The van der Waals surface area contributed by atoms with Crippen molar-refractivity contribution in [3.8, 4) is 0 Å². The molecule has 0 rings (SSSR count). The van der Waals surface area contributed by atoms with E-state index in [1.54, 1.807) is 13.8 Å². The average molecular weight is 202 g/mol. The SMILES string of the molecule is CC(C)(O)CNC(=O)C(N)C(C)(C)C. The molecule has 0 aromatic heterocycles. The van der Waals surface area contributed by atoms with E-state index in [0.717, 1.165) is 0 Å². The van der Waals surface area contributed by atoms with Crippen molar-refractivity contribution >= 4 is 5.91 Å². The summed E-state index contributed by atoms with van der Waals surface area (Å²) >= 11 is 0. The number of nitrogens with two attached hydrogens (primary N) is 1. The molecular weight excluding hydrogens is 180 g/mol. The fourth-order valence-corrected chi connectivity index (χ4v) is 0.807. The highest BCUT2D eigenvalue weighted by Gasteiger charge is 2.28. The Bertz CT molecular complexity index is 201. The van der Waals surface area contributed by atoms with Crippen LogP contribution in [-0.2, 0) is 4.79 Å². The highest BCUT2D eigenvalue weighted by molar-refractivity contribution is 5.82. The molecule has 0 aliphatic carbocycles. The number of carbonyl (C=O) groups excluding carboxylic acids is 1. The number of aliphatic hydroxyl groups is 1. The summed E-state index contributed by atoms with van der Waals surface area (Å²) in [6.45, 7) is 9.20. The molecule has 0 heterocycles. The van der Waals surface area contributed by atoms with Gasteiger partial charge in [-0.3, -0.25) is 4.79 Å². The van der Waals surface area contributed by atoms with Crippen LogP contribution in [0.15, 0.2) is 0 Å². The summed E-state index contributed by atoms with van der Waals surface area (Å²) in [4.78, 5) is 11.5. The molecule has 1 atom stereocenters. The van der Waals surface area contributed by atoms with Crippen LogP contribution in [0.2, 0.25) is 0 Å². The third-order valence-corrected chi connectivity index (χ3v) is 1.91. The second-order valence-corrected chi connectivity index (χ2v) is 5.37. The maximum Gasteiger partial charge on any atom is 0.237 e. The molecule has 14 heavy (non-hydrogen) atoms. The molecule has 0 spiro atoms. The zero-order valence-electron chi connectivity index (χ0n) is 9.72. The summed E-state index contributed by atoms with van der Waals surface area (Å²) in [5.74, 6) is -0.223. The molecule has 1 unspecified atom stereocenters. The highest BCUT2D eigenvalue weighted by atomic mass is 16.3. The van der Waals surface area contributed by atoms with Crippen molar-refractivity contribution in [2.75, 3.05) is 6.54 Å². The van der Waals surface area contributed by atoms with E-state index >= 15 is 0 Å². The van der Waals surface area contributed by atoms with Crippen molar-refractivity contribution in [2.45, 2.75) is 46.3 Å². The van der Waals surface area contributed by atoms with Gasteiger partial charge < -0.3 is 16.2 Å². The first kappa shape index (κ1) is 13.4. The smallest absolute Gasteiger partial charge is 0.237 e. The van der Waals surface area contributed by atoms with Gasteiger partial charge in [-0.15, -0.1) is 0 Å². The first-order valence-electron chi connectivity index (χ1n) is 4.80. The lowest BCUT2D eigenvalue weighted by atomic mass is 9.87. The summed E-state index contributed by atoms with van der Waals surface area (Å²) in [5, 5.41) is 12.0. The Morgan fingerprint density at radius 3 is 2.07 bits per heavy atom. The molecule has 4 heteroatoms. The summed E-state index contributed by atoms with van der Waals surface area (Å²) in [7, 11) is 0. The summed E-state index contributed by atoms with van der Waals surface area (Å²) < 4.78 is 0. The molecule has 4 N–H and O–H groups in total. The molecule has 0 fully saturated rings. The van der Waals surface area contributed by atoms with Crippen LogP contribution in [0.4, 0.5) is 0 Å². The Balaban J connectivity index is 4.11. The Morgan fingerprint density at radius 1 is 1.36 bits per heavy atom. The van der Waals surface area contributed by atoms with E-state index in [4.69, 9.17) is 5.73 Å². The molecule has 0 saturated heterocycles. The second-order valence-electron chi connectivity index (χ2n) is 5.37. The van der Waals surface area contributed by atoms with Gasteiger partial charge in [0.15, 0.2) is 0 Å². The van der Waals surface area contributed by atoms with E-state index in [1.165, 1.54) is 0 Å². The number of rotatable bonds is 3. The number of hydrogen-bond acceptors (Lipinski definition) is 3. The topological polar surface area (TPSA) is 75.3 Å². The quantitative estimate of drug-likeness (QED) is 0.614. The molecule has 0 aromatic carbocycles. The average Bonchev–Trinajstić information content (AvgIpc) is 1.95. The lowest BCUT2D eigenvalue weighted by Gasteiger charge is -2.27. The molecule has 84 valence electrons. The monoisotopic (exact) mass is 202 g/mol. The van der Waals surface area contributed by atoms with E-state index in [1.807, 2.05) is 20.8 Å². The summed E-state index contributed by atoms with van der Waals surface area (Å²) in [6, 6.07) is -0.551. The van der Waals surface area contributed by atoms with Gasteiger partial charge in [-0.25, -0.2) is 0 Å². The van der Waals surface area contributed by atoms with Crippen LogP contribution in [0.5, 0.6) is 0 Å². The minimum Gasteiger partial charge on any atom is -0.389 e. The highest BCUT2D eigenvalue weighted by Crippen LogP contribution is 2.17. The van der Waals surface area contributed by atoms with Crippen molar-refractivity contribution in [3.05, 3.63) is 0 Å². The van der Waals surface area contributed by atoms with Gasteiger partial charge in [-0.05, 0) is 19.3 Å². The number of carbonyl (C=O) groups is 1. The van der Waals surface area contributed by atoms with Crippen LogP contribution in [0.3, 0.4) is 0 Å². The Labute approximate surface area is 85.9 Å². The molecule has 0 radical (unpaired) electrons. The standard InChI is InChI=1S/C10H22N2O2/c1-9(2,3)7(11)8(13)12-6-10(4,5)14/h7,14H,6,11H2,1-5H3,(H,12,13). The largest absolute Gasteiger partial charge is 0.389 e. The van der Waals surface area contributed by atoms with Crippen molar-refractivity contribution < 1.29 is 9.90 Å². The molecular formula is C10H22N2O2. The summed E-state index contributed by atoms with van der Waals surface area (Å²) in [6.07, 6.45) is 0. The van der Waals surface area contributed by atoms with Crippen molar-refractivity contribution in [2.24, 2.45) is 11.1 Å². The van der Waals surface area contributed by atoms with Crippen LogP contribution >= 0.6 is 0 Å². The lowest BCUT2D eigenvalue weighted by Crippen LogP contribution is -2.51. The summed E-state index contributed by atoms with van der Waals surface area (Å²) in [5.41, 5.74) is 4.57. The van der Waals surface area contributed by atoms with Crippen LogP contribution in [-0.4, -0.2) is 29.2 Å². The fourth-order valence-electron chi connectivity index (χ4n) is 0.807. The molecule has 0 saturated carbocycles. The van der Waals surface area contributed by atoms with E-state index in [9.17, 15) is 9.90 Å². The van der Waals surface area contributed by atoms with Gasteiger partial charge in [0.1, 0.15) is 0 Å². The number of amides is 1. The number of nitrogens with one attached hydrogen (secondary N) is 1. The zero-order valence-corrected chi connectivity index (χ0v) is 9.72. The van der Waals surface area contributed by atoms with Crippen LogP contribution in [0, 0.1) is 5.41 Å². The van der Waals surface area contributed by atoms with Gasteiger partial charge in [-0.2, -0.15) is 0 Å². The Hall–Kier alpha value is -0.610. The van der Waals surface area contributed by atoms with Crippen molar-refractivity contribution in [3.63, 3.8) is 0 Å². The number of hydrogen-bond donors (Lipinski definition) is 3. The molecule has 0 aromatic rings. The van der Waals surface area contributed by atoms with E-state index in [-0.39, 0.29) is 17.9 Å². The van der Waals surface area contributed by atoms with Crippen molar-refractivity contribution in [1.82, 2.24) is 5.32 Å². The Morgan fingerprint density at radius 2 is 1.79 bits per heavy atom. The van der Waals surface area contributed by atoms with Gasteiger partial charge in [0.2, 0.25) is 5.91 Å². The van der Waals surface area contributed by atoms with E-state index < -0.39 is 11.6 Å². The maximum atomic E-state index is 11.5.